The molecular weight excluding hydrogens is 506 g/mol. The lowest BCUT2D eigenvalue weighted by Gasteiger charge is -2.27. The van der Waals surface area contributed by atoms with Crippen molar-refractivity contribution in [1.82, 2.24) is 24.1 Å². The van der Waals surface area contributed by atoms with E-state index in [4.69, 9.17) is 5.73 Å². The second-order valence-electron chi connectivity index (χ2n) is 10.7. The number of anilines is 2. The molecule has 0 atom stereocenters. The number of aromatic nitrogens is 5. The number of nitrogens with zero attached hydrogens (tertiary/aromatic N) is 5. The van der Waals surface area contributed by atoms with Crippen molar-refractivity contribution >= 4 is 34.4 Å². The number of hydrogen-bond acceptors (Lipinski definition) is 7. The molecular formula is C30H25N7O3. The SMILES string of the molecule is Cn1cc(-c2ccc(NC(=O)c3cc4c(n(-c5ccccc5)c3=O)CC3(CC3)CC4=O)nc2)c2c(N)ncnc21. The molecule has 0 radical (unpaired) electrons. The number of fused-ring (bicyclic) bond motifs is 2. The van der Waals surface area contributed by atoms with Crippen LogP contribution >= 0.6 is 0 Å². The van der Waals surface area contributed by atoms with Gasteiger partial charge in [0.1, 0.15) is 29.2 Å². The van der Waals surface area contributed by atoms with Crippen LogP contribution < -0.4 is 16.6 Å². The molecule has 1 spiro atoms. The van der Waals surface area contributed by atoms with Crippen molar-refractivity contribution in [1.29, 1.82) is 0 Å². The Bertz CT molecular complexity index is 1900. The summed E-state index contributed by atoms with van der Waals surface area (Å²) in [6.07, 6.45) is 7.97. The highest BCUT2D eigenvalue weighted by Crippen LogP contribution is 2.54. The Kier molecular flexibility index (Phi) is 5.21. The summed E-state index contributed by atoms with van der Waals surface area (Å²) in [7, 11) is 1.87. The molecule has 0 aliphatic heterocycles. The summed E-state index contributed by atoms with van der Waals surface area (Å²) in [5.41, 5.74) is 9.52. The molecule has 1 saturated carbocycles. The van der Waals surface area contributed by atoms with Crippen LogP contribution in [0.1, 0.15) is 45.7 Å². The summed E-state index contributed by atoms with van der Waals surface area (Å²) < 4.78 is 3.39. The number of benzene rings is 1. The van der Waals surface area contributed by atoms with E-state index in [1.54, 1.807) is 18.3 Å². The van der Waals surface area contributed by atoms with Gasteiger partial charge < -0.3 is 15.6 Å². The molecule has 5 aromatic rings. The quantitative estimate of drug-likeness (QED) is 0.358. The van der Waals surface area contributed by atoms with Gasteiger partial charge in [0, 0.05) is 53.9 Å². The third-order valence-corrected chi connectivity index (χ3v) is 8.00. The molecule has 0 bridgehead atoms. The summed E-state index contributed by atoms with van der Waals surface area (Å²) in [5, 5.41) is 3.45. The first-order chi connectivity index (χ1) is 19.3. The van der Waals surface area contributed by atoms with Crippen molar-refractivity contribution < 1.29 is 9.59 Å². The van der Waals surface area contributed by atoms with E-state index in [1.165, 1.54) is 17.0 Å². The molecule has 198 valence electrons. The number of nitrogens with two attached hydrogens (primary N) is 1. The normalized spacial score (nSPS) is 15.3. The predicted molar refractivity (Wildman–Crippen MR) is 150 cm³/mol. The van der Waals surface area contributed by atoms with E-state index in [2.05, 4.69) is 20.3 Å². The molecule has 40 heavy (non-hydrogen) atoms. The van der Waals surface area contributed by atoms with Gasteiger partial charge in [0.15, 0.2) is 5.78 Å². The van der Waals surface area contributed by atoms with Crippen LogP contribution in [0.4, 0.5) is 11.6 Å². The summed E-state index contributed by atoms with van der Waals surface area (Å²) in [6, 6.07) is 14.1. The third kappa shape index (κ3) is 3.79. The van der Waals surface area contributed by atoms with Crippen LogP contribution in [0.3, 0.4) is 0 Å². The van der Waals surface area contributed by atoms with Gasteiger partial charge in [-0.2, -0.15) is 0 Å². The van der Waals surface area contributed by atoms with Crippen molar-refractivity contribution in [2.24, 2.45) is 12.5 Å². The van der Waals surface area contributed by atoms with Gasteiger partial charge >= 0.3 is 0 Å². The van der Waals surface area contributed by atoms with Crippen LogP contribution in [0.2, 0.25) is 0 Å². The second kappa shape index (κ2) is 8.70. The van der Waals surface area contributed by atoms with Crippen LogP contribution in [-0.4, -0.2) is 35.8 Å². The van der Waals surface area contributed by atoms with E-state index in [9.17, 15) is 14.4 Å². The van der Waals surface area contributed by atoms with Crippen LogP contribution in [0.25, 0.3) is 27.8 Å². The number of nitrogen functional groups attached to an aromatic ring is 1. The lowest BCUT2D eigenvalue weighted by atomic mass is 9.82. The molecule has 2 aliphatic rings. The predicted octanol–water partition coefficient (Wildman–Crippen LogP) is 3.92. The fourth-order valence-electron chi connectivity index (χ4n) is 5.73. The van der Waals surface area contributed by atoms with Crippen molar-refractivity contribution in [3.05, 3.63) is 94.4 Å². The number of hydrogen-bond donors (Lipinski definition) is 2. The Morgan fingerprint density at radius 3 is 2.52 bits per heavy atom. The van der Waals surface area contributed by atoms with Crippen LogP contribution in [0.5, 0.6) is 0 Å². The number of ketones is 1. The van der Waals surface area contributed by atoms with Crippen LogP contribution in [0, 0.1) is 5.41 Å². The Morgan fingerprint density at radius 1 is 1.00 bits per heavy atom. The number of pyridine rings is 2. The topological polar surface area (TPSA) is 138 Å². The first-order valence-corrected chi connectivity index (χ1v) is 13.0. The monoisotopic (exact) mass is 531 g/mol. The molecule has 1 aromatic carbocycles. The standard InChI is InChI=1S/C30H25N7O3/c1-36-15-21(25-26(31)33-16-34-27(25)36)17-7-8-24(32-14-17)35-28(39)20-11-19-22(12-30(9-10-30)13-23(19)38)37(29(20)40)18-5-3-2-4-6-18/h2-8,11,14-16H,9-10,12-13H2,1H3,(H2,31,33,34)(H,32,35,39). The highest BCUT2D eigenvalue weighted by Gasteiger charge is 2.49. The molecule has 10 heteroatoms. The molecule has 2 aliphatic carbocycles. The maximum Gasteiger partial charge on any atom is 0.268 e. The zero-order valence-electron chi connectivity index (χ0n) is 21.7. The van der Waals surface area contributed by atoms with Gasteiger partial charge in [-0.25, -0.2) is 15.0 Å². The van der Waals surface area contributed by atoms with Crippen molar-refractivity contribution in [2.45, 2.75) is 25.7 Å². The Hall–Kier alpha value is -5.12. The van der Waals surface area contributed by atoms with Crippen LogP contribution in [0.15, 0.2) is 72.0 Å². The maximum atomic E-state index is 13.8. The highest BCUT2D eigenvalue weighted by atomic mass is 16.2. The third-order valence-electron chi connectivity index (χ3n) is 8.00. The molecule has 1 amide bonds. The van der Waals surface area contributed by atoms with Gasteiger partial charge in [-0.3, -0.25) is 19.0 Å². The molecule has 1 fully saturated rings. The van der Waals surface area contributed by atoms with Gasteiger partial charge in [0.25, 0.3) is 11.5 Å². The highest BCUT2D eigenvalue weighted by molar-refractivity contribution is 6.07. The number of Topliss-reactive ketones (excluding diaryl/α,β-unsaturated/α-hetero) is 1. The summed E-state index contributed by atoms with van der Waals surface area (Å²) in [6.45, 7) is 0. The second-order valence-corrected chi connectivity index (χ2v) is 10.7. The lowest BCUT2D eigenvalue weighted by molar-refractivity contribution is 0.0938. The van der Waals surface area contributed by atoms with E-state index in [1.807, 2.05) is 48.1 Å². The molecule has 10 nitrogen and oxygen atoms in total. The van der Waals surface area contributed by atoms with Gasteiger partial charge in [0.05, 0.1) is 5.39 Å². The van der Waals surface area contributed by atoms with Gasteiger partial charge in [0.2, 0.25) is 0 Å². The number of para-hydroxylation sites is 1. The van der Waals surface area contributed by atoms with E-state index in [0.717, 1.165) is 29.4 Å². The summed E-state index contributed by atoms with van der Waals surface area (Å²) in [4.78, 5) is 53.2. The van der Waals surface area contributed by atoms with E-state index >= 15 is 0 Å². The minimum Gasteiger partial charge on any atom is -0.383 e. The van der Waals surface area contributed by atoms with Crippen molar-refractivity contribution in [3.63, 3.8) is 0 Å². The number of carbonyl (C=O) groups excluding carboxylic acids is 2. The van der Waals surface area contributed by atoms with Crippen molar-refractivity contribution in [2.75, 3.05) is 11.1 Å². The molecule has 7 rings (SSSR count). The van der Waals surface area contributed by atoms with Crippen molar-refractivity contribution in [3.8, 4) is 16.8 Å². The van der Waals surface area contributed by atoms with E-state index < -0.39 is 11.5 Å². The zero-order chi connectivity index (χ0) is 27.6. The maximum absolute atomic E-state index is 13.8. The minimum atomic E-state index is -0.625. The fraction of sp³-hybridized carbons (Fsp3) is 0.200. The zero-order valence-corrected chi connectivity index (χ0v) is 21.7. The van der Waals surface area contributed by atoms with Gasteiger partial charge in [-0.15, -0.1) is 0 Å². The molecule has 4 aromatic heterocycles. The average molecular weight is 532 g/mol. The minimum absolute atomic E-state index is 0.0294. The number of rotatable bonds is 4. The Labute approximate surface area is 228 Å². The van der Waals surface area contributed by atoms with Gasteiger partial charge in [-0.1, -0.05) is 18.2 Å². The van der Waals surface area contributed by atoms with Gasteiger partial charge in [-0.05, 0) is 55.0 Å². The molecule has 4 heterocycles. The molecule has 0 unspecified atom stereocenters. The van der Waals surface area contributed by atoms with Crippen LogP contribution in [-0.2, 0) is 13.5 Å². The smallest absolute Gasteiger partial charge is 0.268 e. The first kappa shape index (κ1) is 24.0. The average Bonchev–Trinajstić information content (AvgIpc) is 3.60. The number of carbonyl (C=O) groups is 2. The van der Waals surface area contributed by atoms with E-state index in [0.29, 0.717) is 41.3 Å². The Morgan fingerprint density at radius 2 is 1.80 bits per heavy atom. The number of nitrogens with one attached hydrogen (secondary N) is 1. The summed E-state index contributed by atoms with van der Waals surface area (Å²) >= 11 is 0. The lowest BCUT2D eigenvalue weighted by Crippen LogP contribution is -2.35. The fourth-order valence-corrected chi connectivity index (χ4v) is 5.73. The first-order valence-electron chi connectivity index (χ1n) is 13.0. The molecule has 0 saturated heterocycles. The summed E-state index contributed by atoms with van der Waals surface area (Å²) in [5.74, 6) is -0.0227. The molecule has 3 N–H and O–H groups in total. The van der Waals surface area contributed by atoms with E-state index in [-0.39, 0.29) is 22.6 Å². The Balaban J connectivity index is 1.24. The number of aryl methyl sites for hydroxylation is 1. The number of amides is 1. The largest absolute Gasteiger partial charge is 0.383 e.